The molecule has 1 heterocycles. The predicted octanol–water partition coefficient (Wildman–Crippen LogP) is 3.48. The van der Waals surface area contributed by atoms with Gasteiger partial charge in [0.25, 0.3) is 0 Å². The molecule has 1 saturated heterocycles. The van der Waals surface area contributed by atoms with Gasteiger partial charge in [0, 0.05) is 0 Å². The molecule has 1 nitrogen and oxygen atoms in total. The summed E-state index contributed by atoms with van der Waals surface area (Å²) >= 11 is 0.525. The quantitative estimate of drug-likeness (QED) is 0.608. The van der Waals surface area contributed by atoms with Crippen molar-refractivity contribution in [3.8, 4) is 0 Å². The average molecular weight is 333 g/mol. The van der Waals surface area contributed by atoms with Gasteiger partial charge in [-0.2, -0.15) is 0 Å². The van der Waals surface area contributed by atoms with E-state index < -0.39 is 0 Å². The second kappa shape index (κ2) is 5.33. The molecule has 20 heavy (non-hydrogen) atoms. The maximum absolute atomic E-state index is 6.17. The van der Waals surface area contributed by atoms with Gasteiger partial charge in [-0.1, -0.05) is 0 Å². The van der Waals surface area contributed by atoms with Crippen molar-refractivity contribution in [2.45, 2.75) is 48.9 Å². The summed E-state index contributed by atoms with van der Waals surface area (Å²) in [7, 11) is 0. The summed E-state index contributed by atoms with van der Waals surface area (Å²) in [4.78, 5) is 0. The zero-order chi connectivity index (χ0) is 13.4. The first-order valence-electron chi connectivity index (χ1n) is 7.96. The van der Waals surface area contributed by atoms with Gasteiger partial charge in [-0.3, -0.25) is 0 Å². The van der Waals surface area contributed by atoms with Gasteiger partial charge in [-0.15, -0.1) is 0 Å². The van der Waals surface area contributed by atoms with Crippen molar-refractivity contribution in [1.29, 1.82) is 0 Å². The van der Waals surface area contributed by atoms with Gasteiger partial charge in [0.15, 0.2) is 0 Å². The van der Waals surface area contributed by atoms with E-state index in [1.807, 2.05) is 0 Å². The van der Waals surface area contributed by atoms with E-state index in [0.29, 0.717) is 25.4 Å². The first kappa shape index (κ1) is 13.1. The molecule has 2 fully saturated rings. The van der Waals surface area contributed by atoms with Crippen LogP contribution in [-0.4, -0.2) is 27.7 Å². The molecule has 3 atom stereocenters. The fourth-order valence-electron chi connectivity index (χ4n) is 4.02. The minimum atomic E-state index is 0.422. The molecular formula is C18H22OSe. The Morgan fingerprint density at radius 2 is 2.00 bits per heavy atom. The number of allylic oxidation sites excluding steroid dienone is 1. The van der Waals surface area contributed by atoms with Gasteiger partial charge in [0.2, 0.25) is 0 Å². The van der Waals surface area contributed by atoms with Crippen LogP contribution in [0.1, 0.15) is 38.5 Å². The zero-order valence-corrected chi connectivity index (χ0v) is 13.6. The monoisotopic (exact) mass is 334 g/mol. The molecule has 0 unspecified atom stereocenters. The second-order valence-corrected chi connectivity index (χ2v) is 9.06. The summed E-state index contributed by atoms with van der Waals surface area (Å²) in [6, 6.07) is 11.1. The third-order valence-electron chi connectivity index (χ3n) is 5.01. The van der Waals surface area contributed by atoms with E-state index in [1.165, 1.54) is 38.5 Å². The molecule has 106 valence electrons. The van der Waals surface area contributed by atoms with Gasteiger partial charge in [-0.05, 0) is 0 Å². The van der Waals surface area contributed by atoms with Gasteiger partial charge in [0.05, 0.1) is 0 Å². The Bertz CT molecular complexity index is 495. The van der Waals surface area contributed by atoms with Crippen LogP contribution >= 0.6 is 0 Å². The molecule has 2 aliphatic carbocycles. The summed E-state index contributed by atoms with van der Waals surface area (Å²) in [5.74, 6) is 0.820. The Morgan fingerprint density at radius 3 is 2.70 bits per heavy atom. The summed E-state index contributed by atoms with van der Waals surface area (Å²) < 4.78 is 8.14. The molecule has 0 spiro atoms. The molecular weight excluding hydrogens is 311 g/mol. The van der Waals surface area contributed by atoms with Gasteiger partial charge < -0.3 is 0 Å². The number of fused-ring (bicyclic) bond motifs is 1. The van der Waals surface area contributed by atoms with E-state index in [2.05, 4.69) is 36.4 Å². The fourth-order valence-corrected chi connectivity index (χ4v) is 7.53. The summed E-state index contributed by atoms with van der Waals surface area (Å²) in [5.41, 5.74) is 1.75. The number of ether oxygens (including phenoxy) is 1. The summed E-state index contributed by atoms with van der Waals surface area (Å²) in [6.07, 6.45) is 11.1. The van der Waals surface area contributed by atoms with Crippen LogP contribution in [0.3, 0.4) is 0 Å². The summed E-state index contributed by atoms with van der Waals surface area (Å²) in [5, 5.41) is 0. The van der Waals surface area contributed by atoms with Crippen molar-refractivity contribution in [3.63, 3.8) is 0 Å². The Balaban J connectivity index is 1.66. The Hall–Kier alpha value is -0.561. The molecule has 0 amide bonds. The molecule has 0 bridgehead atoms. The molecule has 0 N–H and O–H groups in total. The molecule has 0 aromatic heterocycles. The van der Waals surface area contributed by atoms with E-state index >= 15 is 0 Å². The summed E-state index contributed by atoms with van der Waals surface area (Å²) in [6.45, 7) is 0.987. The van der Waals surface area contributed by atoms with Crippen LogP contribution in [-0.2, 0) is 4.74 Å². The topological polar surface area (TPSA) is 9.23 Å². The molecule has 1 aliphatic heterocycles. The first-order valence-corrected chi connectivity index (χ1v) is 9.68. The van der Waals surface area contributed by atoms with E-state index in [-0.39, 0.29) is 0 Å². The average Bonchev–Trinajstić information content (AvgIpc) is 3.18. The van der Waals surface area contributed by atoms with Crippen molar-refractivity contribution in [1.82, 2.24) is 0 Å². The molecule has 1 saturated carbocycles. The number of hydrogen-bond acceptors (Lipinski definition) is 1. The second-order valence-electron chi connectivity index (χ2n) is 6.22. The molecule has 1 aromatic rings. The SMILES string of the molecule is C1=C([C@]2([Se]c3ccccc3)[C@@H]3OCCC[C@@H]32)CCCC1. The van der Waals surface area contributed by atoms with Crippen LogP contribution in [0.5, 0.6) is 0 Å². The number of rotatable bonds is 3. The third-order valence-corrected chi connectivity index (χ3v) is 8.46. The maximum atomic E-state index is 6.17. The minimum absolute atomic E-state index is 0.422. The molecule has 2 heteroatoms. The molecule has 0 radical (unpaired) electrons. The third kappa shape index (κ3) is 2.09. The van der Waals surface area contributed by atoms with Crippen LogP contribution in [0.25, 0.3) is 0 Å². The van der Waals surface area contributed by atoms with Crippen molar-refractivity contribution in [3.05, 3.63) is 42.0 Å². The number of hydrogen-bond donors (Lipinski definition) is 0. The number of benzene rings is 1. The van der Waals surface area contributed by atoms with E-state index in [1.54, 1.807) is 10.0 Å². The Kier molecular flexibility index (Phi) is 3.50. The first-order chi connectivity index (χ1) is 9.91. The van der Waals surface area contributed by atoms with Crippen LogP contribution in [0.4, 0.5) is 0 Å². The Labute approximate surface area is 127 Å². The molecule has 1 aromatic carbocycles. The predicted molar refractivity (Wildman–Crippen MR) is 83.5 cm³/mol. The van der Waals surface area contributed by atoms with Crippen LogP contribution in [0.2, 0.25) is 4.31 Å². The van der Waals surface area contributed by atoms with E-state index in [4.69, 9.17) is 4.74 Å². The fraction of sp³-hybridized carbons (Fsp3) is 0.556. The molecule has 4 rings (SSSR count). The molecule has 3 aliphatic rings. The Morgan fingerprint density at radius 1 is 1.10 bits per heavy atom. The van der Waals surface area contributed by atoms with Gasteiger partial charge in [-0.25, -0.2) is 0 Å². The van der Waals surface area contributed by atoms with Gasteiger partial charge in [0.1, 0.15) is 0 Å². The van der Waals surface area contributed by atoms with Crippen molar-refractivity contribution in [2.75, 3.05) is 6.61 Å². The van der Waals surface area contributed by atoms with Crippen LogP contribution < -0.4 is 4.46 Å². The van der Waals surface area contributed by atoms with Crippen molar-refractivity contribution < 1.29 is 4.74 Å². The van der Waals surface area contributed by atoms with Gasteiger partial charge >= 0.3 is 128 Å². The van der Waals surface area contributed by atoms with E-state index in [0.717, 1.165) is 12.5 Å². The standard InChI is InChI=1S/C18H22OSe/c1-3-8-14(9-4-1)18(16-12-7-13-19-17(16)18)20-15-10-5-2-6-11-15/h2,5-6,8,10-11,16-17H,1,3-4,7,9,12-13H2/t16-,17+,18+/m0/s1. The normalized spacial score (nSPS) is 36.1. The van der Waals surface area contributed by atoms with E-state index in [9.17, 15) is 0 Å². The van der Waals surface area contributed by atoms with Crippen molar-refractivity contribution >= 4 is 19.4 Å². The van der Waals surface area contributed by atoms with Crippen LogP contribution in [0.15, 0.2) is 42.0 Å². The van der Waals surface area contributed by atoms with Crippen molar-refractivity contribution in [2.24, 2.45) is 5.92 Å². The van der Waals surface area contributed by atoms with Crippen LogP contribution in [0, 0.1) is 5.92 Å². The zero-order valence-electron chi connectivity index (χ0n) is 11.9.